The molecular weight excluding hydrogens is 286 g/mol. The van der Waals surface area contributed by atoms with Gasteiger partial charge < -0.3 is 14.8 Å². The highest BCUT2D eigenvalue weighted by atomic mass is 16.7. The van der Waals surface area contributed by atoms with E-state index < -0.39 is 0 Å². The van der Waals surface area contributed by atoms with Crippen molar-refractivity contribution in [3.63, 3.8) is 0 Å². The Morgan fingerprint density at radius 3 is 2.39 bits per heavy atom. The number of nitrogens with one attached hydrogen (secondary N) is 1. The standard InChI is InChI=1S/C16H17NO2.C2H6.C2H4.H2/c1-2-4-14(5-3-1)11-17-9-8-13-6-7-15-16(10-13)19-12-18-15;2*1-2;/h1-7,10,17H,8-9,11-12H2;1-2H3;1-2H2;1H. The predicted octanol–water partition coefficient (Wildman–Crippen LogP) is 4.82. The second-order valence-corrected chi connectivity index (χ2v) is 4.60. The minimum Gasteiger partial charge on any atom is -0.454 e. The second kappa shape index (κ2) is 11.3. The Bertz CT molecular complexity index is 561. The van der Waals surface area contributed by atoms with Gasteiger partial charge in [0.2, 0.25) is 6.79 Å². The monoisotopic (exact) mass is 315 g/mol. The Morgan fingerprint density at radius 1 is 0.957 bits per heavy atom. The smallest absolute Gasteiger partial charge is 0.231 e. The number of ether oxygens (including phenoxy) is 2. The molecule has 2 aromatic carbocycles. The molecule has 1 N–H and O–H groups in total. The number of hydrogen-bond acceptors (Lipinski definition) is 3. The molecule has 0 aromatic heterocycles. The molecule has 0 unspecified atom stereocenters. The summed E-state index contributed by atoms with van der Waals surface area (Å²) in [6.07, 6.45) is 0.990. The fraction of sp³-hybridized carbons (Fsp3) is 0.300. The number of benzene rings is 2. The van der Waals surface area contributed by atoms with Crippen molar-refractivity contribution in [1.29, 1.82) is 0 Å². The van der Waals surface area contributed by atoms with Crippen LogP contribution in [0.2, 0.25) is 0 Å². The fourth-order valence-corrected chi connectivity index (χ4v) is 2.16. The summed E-state index contributed by atoms with van der Waals surface area (Å²) in [5.41, 5.74) is 2.58. The first-order chi connectivity index (χ1) is 11.4. The molecule has 0 spiro atoms. The average Bonchev–Trinajstić information content (AvgIpc) is 3.11. The second-order valence-electron chi connectivity index (χ2n) is 4.60. The van der Waals surface area contributed by atoms with Crippen molar-refractivity contribution < 1.29 is 10.9 Å². The molecule has 2 aromatic rings. The molecular formula is C20H29NO2. The van der Waals surface area contributed by atoms with Gasteiger partial charge in [-0.2, -0.15) is 0 Å². The Labute approximate surface area is 141 Å². The van der Waals surface area contributed by atoms with E-state index >= 15 is 0 Å². The first-order valence-corrected chi connectivity index (χ1v) is 8.05. The van der Waals surface area contributed by atoms with Crippen molar-refractivity contribution in [3.8, 4) is 11.5 Å². The zero-order chi connectivity index (χ0) is 16.9. The molecule has 126 valence electrons. The summed E-state index contributed by atoms with van der Waals surface area (Å²) < 4.78 is 10.7. The van der Waals surface area contributed by atoms with Crippen molar-refractivity contribution in [1.82, 2.24) is 5.32 Å². The molecule has 3 rings (SSSR count). The number of rotatable bonds is 5. The predicted molar refractivity (Wildman–Crippen MR) is 99.1 cm³/mol. The third kappa shape index (κ3) is 6.17. The third-order valence-electron chi connectivity index (χ3n) is 3.20. The van der Waals surface area contributed by atoms with E-state index in [2.05, 4.69) is 54.9 Å². The summed E-state index contributed by atoms with van der Waals surface area (Å²) in [6, 6.07) is 16.6. The first-order valence-electron chi connectivity index (χ1n) is 8.05. The maximum absolute atomic E-state index is 5.37. The van der Waals surface area contributed by atoms with E-state index in [0.29, 0.717) is 6.79 Å². The van der Waals surface area contributed by atoms with Crippen LogP contribution in [0.25, 0.3) is 0 Å². The Hall–Kier alpha value is -2.26. The SMILES string of the molecule is C=C.CC.[HH].c1ccc(CNCCc2ccc3c(c2)OCO3)cc1. The van der Waals surface area contributed by atoms with E-state index in [9.17, 15) is 0 Å². The summed E-state index contributed by atoms with van der Waals surface area (Å²) in [5.74, 6) is 1.71. The molecule has 1 aliphatic rings. The maximum atomic E-state index is 5.37. The van der Waals surface area contributed by atoms with Gasteiger partial charge in [0.25, 0.3) is 0 Å². The zero-order valence-electron chi connectivity index (χ0n) is 14.2. The van der Waals surface area contributed by atoms with E-state index in [1.165, 1.54) is 11.1 Å². The molecule has 0 fully saturated rings. The van der Waals surface area contributed by atoms with Crippen LogP contribution in [-0.2, 0) is 13.0 Å². The van der Waals surface area contributed by atoms with Crippen molar-refractivity contribution in [2.24, 2.45) is 0 Å². The van der Waals surface area contributed by atoms with Gasteiger partial charge in [-0.3, -0.25) is 0 Å². The summed E-state index contributed by atoms with van der Waals surface area (Å²) >= 11 is 0. The van der Waals surface area contributed by atoms with Gasteiger partial charge in [-0.25, -0.2) is 0 Å². The fourth-order valence-electron chi connectivity index (χ4n) is 2.16. The van der Waals surface area contributed by atoms with Crippen LogP contribution in [-0.4, -0.2) is 13.3 Å². The third-order valence-corrected chi connectivity index (χ3v) is 3.20. The van der Waals surface area contributed by atoms with Gasteiger partial charge in [-0.1, -0.05) is 50.2 Å². The van der Waals surface area contributed by atoms with E-state index in [-0.39, 0.29) is 1.43 Å². The molecule has 0 saturated carbocycles. The molecule has 0 saturated heterocycles. The quantitative estimate of drug-likeness (QED) is 0.633. The number of hydrogen-bond donors (Lipinski definition) is 1. The molecule has 0 radical (unpaired) electrons. The van der Waals surface area contributed by atoms with Gasteiger partial charge in [0.15, 0.2) is 11.5 Å². The highest BCUT2D eigenvalue weighted by molar-refractivity contribution is 5.44. The molecule has 1 aliphatic heterocycles. The largest absolute Gasteiger partial charge is 0.454 e. The highest BCUT2D eigenvalue weighted by Crippen LogP contribution is 2.32. The summed E-state index contributed by atoms with van der Waals surface area (Å²) in [4.78, 5) is 0. The molecule has 0 aliphatic carbocycles. The minimum atomic E-state index is 0. The molecule has 3 nitrogen and oxygen atoms in total. The molecule has 23 heavy (non-hydrogen) atoms. The van der Waals surface area contributed by atoms with E-state index in [0.717, 1.165) is 31.0 Å². The lowest BCUT2D eigenvalue weighted by atomic mass is 10.1. The van der Waals surface area contributed by atoms with Crippen LogP contribution in [0, 0.1) is 0 Å². The van der Waals surface area contributed by atoms with Gasteiger partial charge in [0.1, 0.15) is 0 Å². The molecule has 0 atom stereocenters. The molecule has 0 bridgehead atoms. The minimum absolute atomic E-state index is 0. The van der Waals surface area contributed by atoms with Crippen LogP contribution < -0.4 is 14.8 Å². The van der Waals surface area contributed by atoms with Crippen LogP contribution in [0.1, 0.15) is 26.4 Å². The van der Waals surface area contributed by atoms with Crippen LogP contribution in [0.5, 0.6) is 11.5 Å². The van der Waals surface area contributed by atoms with Crippen molar-refractivity contribution in [2.45, 2.75) is 26.8 Å². The van der Waals surface area contributed by atoms with Crippen LogP contribution >= 0.6 is 0 Å². The highest BCUT2D eigenvalue weighted by Gasteiger charge is 2.12. The summed E-state index contributed by atoms with van der Waals surface area (Å²) in [7, 11) is 0. The van der Waals surface area contributed by atoms with E-state index in [1.807, 2.05) is 26.0 Å². The van der Waals surface area contributed by atoms with Crippen LogP contribution in [0.15, 0.2) is 61.7 Å². The van der Waals surface area contributed by atoms with Crippen molar-refractivity contribution in [3.05, 3.63) is 72.8 Å². The lowest BCUT2D eigenvalue weighted by Gasteiger charge is -2.06. The summed E-state index contributed by atoms with van der Waals surface area (Å²) in [5, 5.41) is 3.45. The molecule has 0 amide bonds. The maximum Gasteiger partial charge on any atom is 0.231 e. The normalized spacial score (nSPS) is 10.9. The van der Waals surface area contributed by atoms with Crippen molar-refractivity contribution >= 4 is 0 Å². The van der Waals surface area contributed by atoms with Crippen molar-refractivity contribution in [2.75, 3.05) is 13.3 Å². The lowest BCUT2D eigenvalue weighted by molar-refractivity contribution is 0.174. The van der Waals surface area contributed by atoms with Crippen LogP contribution in [0.3, 0.4) is 0 Å². The van der Waals surface area contributed by atoms with Gasteiger partial charge in [-0.15, -0.1) is 13.2 Å². The van der Waals surface area contributed by atoms with E-state index in [1.54, 1.807) is 0 Å². The molecule has 3 heteroatoms. The Balaban J connectivity index is 0.000000987. The number of fused-ring (bicyclic) bond motifs is 1. The van der Waals surface area contributed by atoms with Gasteiger partial charge >= 0.3 is 0 Å². The average molecular weight is 315 g/mol. The van der Waals surface area contributed by atoms with Gasteiger partial charge in [0, 0.05) is 7.97 Å². The topological polar surface area (TPSA) is 30.5 Å². The van der Waals surface area contributed by atoms with Gasteiger partial charge in [0.05, 0.1) is 0 Å². The van der Waals surface area contributed by atoms with Crippen LogP contribution in [0.4, 0.5) is 0 Å². The zero-order valence-corrected chi connectivity index (χ0v) is 14.2. The lowest BCUT2D eigenvalue weighted by Crippen LogP contribution is -2.16. The van der Waals surface area contributed by atoms with E-state index in [4.69, 9.17) is 9.47 Å². The Morgan fingerprint density at radius 2 is 1.65 bits per heavy atom. The Kier molecular flexibility index (Phi) is 9.25. The molecule has 1 heterocycles. The summed E-state index contributed by atoms with van der Waals surface area (Å²) in [6.45, 7) is 12.2. The van der Waals surface area contributed by atoms with Gasteiger partial charge in [-0.05, 0) is 36.2 Å². The first kappa shape index (κ1) is 18.8.